The molecule has 236 valence electrons. The zero-order valence-electron chi connectivity index (χ0n) is 26.9. The van der Waals surface area contributed by atoms with Crippen LogP contribution in [-0.2, 0) is 32.6 Å². The lowest BCUT2D eigenvalue weighted by Crippen LogP contribution is -2.56. The van der Waals surface area contributed by atoms with Crippen LogP contribution in [0.25, 0.3) is 0 Å². The Hall–Kier alpha value is -4.43. The van der Waals surface area contributed by atoms with Gasteiger partial charge in [-0.3, -0.25) is 13.9 Å². The Morgan fingerprint density at radius 2 is 1.33 bits per heavy atom. The smallest absolute Gasteiger partial charge is 0.264 e. The van der Waals surface area contributed by atoms with Gasteiger partial charge in [0.25, 0.3) is 10.0 Å². The first-order chi connectivity index (χ1) is 21.3. The molecule has 0 saturated heterocycles. The van der Waals surface area contributed by atoms with E-state index in [0.717, 1.165) is 22.3 Å². The molecule has 0 aliphatic heterocycles. The molecule has 4 aromatic carbocycles. The van der Waals surface area contributed by atoms with Crippen LogP contribution in [0.1, 0.15) is 48.6 Å². The van der Waals surface area contributed by atoms with E-state index in [1.807, 2.05) is 108 Å². The standard InChI is InChI=1S/C37H43N3O4S/c1-27-20-22-32(23-21-27)45(43,44)40(33-19-13-11-15-29(33)3)26-35(41)39(25-31-18-12-10-14-28(31)2)34(36(42)38-37(4,5)6)24-30-16-8-7-9-17-30/h7-23,34H,24-26H2,1-6H3,(H,38,42). The van der Waals surface area contributed by atoms with Crippen LogP contribution in [0.15, 0.2) is 108 Å². The molecule has 0 spiro atoms. The summed E-state index contributed by atoms with van der Waals surface area (Å²) in [6, 6.07) is 30.0. The predicted molar refractivity (Wildman–Crippen MR) is 180 cm³/mol. The van der Waals surface area contributed by atoms with Crippen LogP contribution in [0.4, 0.5) is 5.69 Å². The molecule has 1 atom stereocenters. The van der Waals surface area contributed by atoms with Crippen molar-refractivity contribution in [2.75, 3.05) is 10.8 Å². The van der Waals surface area contributed by atoms with Crippen LogP contribution in [-0.4, -0.2) is 43.3 Å². The Labute approximate surface area is 268 Å². The first-order valence-corrected chi connectivity index (χ1v) is 16.6. The van der Waals surface area contributed by atoms with Gasteiger partial charge in [0.15, 0.2) is 0 Å². The van der Waals surface area contributed by atoms with Crippen LogP contribution < -0.4 is 9.62 Å². The minimum atomic E-state index is -4.15. The molecule has 8 heteroatoms. The maximum atomic E-state index is 14.6. The molecule has 4 aromatic rings. The molecule has 2 amide bonds. The Balaban J connectivity index is 1.84. The fourth-order valence-electron chi connectivity index (χ4n) is 5.17. The SMILES string of the molecule is Cc1ccc(S(=O)(=O)N(CC(=O)N(Cc2ccccc2C)C(Cc2ccccc2)C(=O)NC(C)(C)C)c2ccccc2C)cc1. The second-order valence-corrected chi connectivity index (χ2v) is 14.4. The van der Waals surface area contributed by atoms with Gasteiger partial charge in [0.05, 0.1) is 10.6 Å². The summed E-state index contributed by atoms with van der Waals surface area (Å²) < 4.78 is 29.6. The van der Waals surface area contributed by atoms with Crippen molar-refractivity contribution in [3.63, 3.8) is 0 Å². The van der Waals surface area contributed by atoms with Crippen LogP contribution in [0.5, 0.6) is 0 Å². The molecule has 0 aliphatic rings. The molecule has 0 saturated carbocycles. The molecule has 0 fully saturated rings. The van der Waals surface area contributed by atoms with Crippen LogP contribution in [0, 0.1) is 20.8 Å². The summed E-state index contributed by atoms with van der Waals surface area (Å²) in [4.78, 5) is 30.3. The number of para-hydroxylation sites is 1. The molecular weight excluding hydrogens is 582 g/mol. The number of hydrogen-bond acceptors (Lipinski definition) is 4. The van der Waals surface area contributed by atoms with Crippen molar-refractivity contribution in [2.24, 2.45) is 0 Å². The van der Waals surface area contributed by atoms with Crippen molar-refractivity contribution < 1.29 is 18.0 Å². The normalized spacial score (nSPS) is 12.3. The highest BCUT2D eigenvalue weighted by Gasteiger charge is 2.36. The highest BCUT2D eigenvalue weighted by atomic mass is 32.2. The zero-order chi connectivity index (χ0) is 32.8. The Morgan fingerprint density at radius 3 is 1.93 bits per heavy atom. The summed E-state index contributed by atoms with van der Waals surface area (Å²) in [5.74, 6) is -0.792. The average Bonchev–Trinajstić information content (AvgIpc) is 2.98. The molecule has 0 aliphatic carbocycles. The number of rotatable bonds is 11. The molecule has 0 bridgehead atoms. The minimum absolute atomic E-state index is 0.0842. The first kappa shape index (κ1) is 33.5. The second kappa shape index (κ2) is 14.1. The maximum Gasteiger partial charge on any atom is 0.264 e. The number of amides is 2. The van der Waals surface area contributed by atoms with Gasteiger partial charge in [0.1, 0.15) is 12.6 Å². The van der Waals surface area contributed by atoms with E-state index < -0.39 is 34.1 Å². The van der Waals surface area contributed by atoms with Crippen molar-refractivity contribution >= 4 is 27.5 Å². The van der Waals surface area contributed by atoms with E-state index in [0.29, 0.717) is 11.3 Å². The van der Waals surface area contributed by atoms with Gasteiger partial charge >= 0.3 is 0 Å². The number of sulfonamides is 1. The molecule has 1 N–H and O–H groups in total. The number of benzene rings is 4. The third kappa shape index (κ3) is 8.60. The van der Waals surface area contributed by atoms with Gasteiger partial charge in [0.2, 0.25) is 11.8 Å². The van der Waals surface area contributed by atoms with Gasteiger partial charge in [-0.05, 0) is 82.0 Å². The Kier molecular flexibility index (Phi) is 10.5. The summed E-state index contributed by atoms with van der Waals surface area (Å²) in [7, 11) is -4.15. The van der Waals surface area contributed by atoms with Crippen molar-refractivity contribution in [1.29, 1.82) is 0 Å². The number of nitrogens with one attached hydrogen (secondary N) is 1. The van der Waals surface area contributed by atoms with Gasteiger partial charge in [-0.2, -0.15) is 0 Å². The molecule has 4 rings (SSSR count). The summed E-state index contributed by atoms with van der Waals surface area (Å²) in [5.41, 5.74) is 4.21. The van der Waals surface area contributed by atoms with Gasteiger partial charge < -0.3 is 10.2 Å². The zero-order valence-corrected chi connectivity index (χ0v) is 27.8. The largest absolute Gasteiger partial charge is 0.350 e. The number of anilines is 1. The molecule has 7 nitrogen and oxygen atoms in total. The Bertz CT molecular complexity index is 1730. The number of carbonyl (C=O) groups is 2. The third-order valence-electron chi connectivity index (χ3n) is 7.64. The van der Waals surface area contributed by atoms with E-state index in [-0.39, 0.29) is 23.8 Å². The molecule has 0 heterocycles. The maximum absolute atomic E-state index is 14.6. The van der Waals surface area contributed by atoms with E-state index >= 15 is 0 Å². The summed E-state index contributed by atoms with van der Waals surface area (Å²) in [6.45, 7) is 11.0. The van der Waals surface area contributed by atoms with Gasteiger partial charge in [0, 0.05) is 18.5 Å². The number of nitrogens with zero attached hydrogens (tertiary/aromatic N) is 2. The summed E-state index contributed by atoms with van der Waals surface area (Å²) in [5, 5.41) is 3.07. The fourth-order valence-corrected chi connectivity index (χ4v) is 6.65. The predicted octanol–water partition coefficient (Wildman–Crippen LogP) is 6.36. The summed E-state index contributed by atoms with van der Waals surface area (Å²) in [6.07, 6.45) is 0.259. The lowest BCUT2D eigenvalue weighted by atomic mass is 10.00. The highest BCUT2D eigenvalue weighted by molar-refractivity contribution is 7.92. The van der Waals surface area contributed by atoms with Crippen LogP contribution >= 0.6 is 0 Å². The molecule has 1 unspecified atom stereocenters. The Morgan fingerprint density at radius 1 is 0.756 bits per heavy atom. The van der Waals surface area contributed by atoms with Gasteiger partial charge in [-0.15, -0.1) is 0 Å². The van der Waals surface area contributed by atoms with E-state index in [2.05, 4.69) is 5.32 Å². The van der Waals surface area contributed by atoms with Gasteiger partial charge in [-0.1, -0.05) is 90.5 Å². The summed E-state index contributed by atoms with van der Waals surface area (Å²) >= 11 is 0. The van der Waals surface area contributed by atoms with Crippen molar-refractivity contribution in [3.8, 4) is 0 Å². The average molecular weight is 626 g/mol. The van der Waals surface area contributed by atoms with E-state index in [1.165, 1.54) is 9.21 Å². The molecule has 0 aromatic heterocycles. The van der Waals surface area contributed by atoms with E-state index in [9.17, 15) is 18.0 Å². The molecule has 45 heavy (non-hydrogen) atoms. The number of carbonyl (C=O) groups excluding carboxylic acids is 2. The number of hydrogen-bond donors (Lipinski definition) is 1. The van der Waals surface area contributed by atoms with Crippen molar-refractivity contribution in [1.82, 2.24) is 10.2 Å². The second-order valence-electron chi connectivity index (χ2n) is 12.5. The highest BCUT2D eigenvalue weighted by Crippen LogP contribution is 2.28. The van der Waals surface area contributed by atoms with Crippen molar-refractivity contribution in [2.45, 2.75) is 71.0 Å². The number of aryl methyl sites for hydroxylation is 3. The fraction of sp³-hybridized carbons (Fsp3) is 0.297. The van der Waals surface area contributed by atoms with Crippen LogP contribution in [0.3, 0.4) is 0 Å². The van der Waals surface area contributed by atoms with E-state index in [1.54, 1.807) is 36.4 Å². The van der Waals surface area contributed by atoms with E-state index in [4.69, 9.17) is 0 Å². The first-order valence-electron chi connectivity index (χ1n) is 15.1. The lowest BCUT2D eigenvalue weighted by molar-refractivity contribution is -0.140. The monoisotopic (exact) mass is 625 g/mol. The topological polar surface area (TPSA) is 86.8 Å². The molecule has 0 radical (unpaired) electrons. The van der Waals surface area contributed by atoms with Gasteiger partial charge in [-0.25, -0.2) is 8.42 Å². The lowest BCUT2D eigenvalue weighted by Gasteiger charge is -2.35. The quantitative estimate of drug-likeness (QED) is 0.210. The van der Waals surface area contributed by atoms with Crippen LogP contribution in [0.2, 0.25) is 0 Å². The molecular formula is C37H43N3O4S. The third-order valence-corrected chi connectivity index (χ3v) is 9.42. The minimum Gasteiger partial charge on any atom is -0.350 e. The van der Waals surface area contributed by atoms with Crippen molar-refractivity contribution in [3.05, 3.63) is 131 Å².